The van der Waals surface area contributed by atoms with E-state index < -0.39 is 23.6 Å². The number of carbonyl (C=O) groups is 1. The van der Waals surface area contributed by atoms with Gasteiger partial charge in [-0.1, -0.05) is 23.7 Å². The first-order chi connectivity index (χ1) is 11.9. The number of likely N-dealkylation sites (N-methyl/N-ethyl adjacent to an activating group) is 1. The van der Waals surface area contributed by atoms with E-state index in [1.165, 1.54) is 0 Å². The predicted octanol–water partition coefficient (Wildman–Crippen LogP) is 3.96. The van der Waals surface area contributed by atoms with E-state index in [1.807, 2.05) is 6.07 Å². The number of para-hydroxylation sites is 1. The van der Waals surface area contributed by atoms with Crippen LogP contribution < -0.4 is 10.1 Å². The lowest BCUT2D eigenvalue weighted by Crippen LogP contribution is -2.41. The zero-order chi connectivity index (χ0) is 18.4. The summed E-state index contributed by atoms with van der Waals surface area (Å²) in [5.41, 5.74) is -0.183. The lowest BCUT2D eigenvalue weighted by Gasteiger charge is -2.24. The third kappa shape index (κ3) is 5.41. The topological polar surface area (TPSA) is 41.6 Å². The molecule has 0 aromatic heterocycles. The molecule has 134 valence electrons. The second-order valence-electron chi connectivity index (χ2n) is 5.55. The Bertz CT molecular complexity index is 743. The van der Waals surface area contributed by atoms with Crippen LogP contribution in [-0.2, 0) is 4.79 Å². The van der Waals surface area contributed by atoms with Gasteiger partial charge in [-0.3, -0.25) is 9.69 Å². The maximum atomic E-state index is 13.6. The van der Waals surface area contributed by atoms with Gasteiger partial charge in [-0.15, -0.1) is 0 Å². The molecule has 0 spiro atoms. The number of nitrogens with zero attached hydrogens (tertiary/aromatic N) is 1. The molecule has 4 nitrogen and oxygen atoms in total. The third-order valence-corrected chi connectivity index (χ3v) is 4.08. The van der Waals surface area contributed by atoms with Crippen molar-refractivity contribution >= 4 is 23.2 Å². The van der Waals surface area contributed by atoms with Crippen LogP contribution in [-0.4, -0.2) is 37.0 Å². The summed E-state index contributed by atoms with van der Waals surface area (Å²) in [5.74, 6) is -1.18. The van der Waals surface area contributed by atoms with E-state index in [-0.39, 0.29) is 5.69 Å². The maximum Gasteiger partial charge on any atom is 0.241 e. The first-order valence-corrected chi connectivity index (χ1v) is 8.09. The number of nitrogens with one attached hydrogen (secondary N) is 1. The van der Waals surface area contributed by atoms with Crippen LogP contribution in [0.25, 0.3) is 0 Å². The second kappa shape index (κ2) is 8.78. The number of halogens is 3. The van der Waals surface area contributed by atoms with Crippen LogP contribution in [0.5, 0.6) is 5.75 Å². The second-order valence-corrected chi connectivity index (χ2v) is 5.96. The average Bonchev–Trinajstić information content (AvgIpc) is 2.59. The highest BCUT2D eigenvalue weighted by molar-refractivity contribution is 6.32. The Morgan fingerprint density at radius 3 is 2.72 bits per heavy atom. The minimum atomic E-state index is -0.688. The van der Waals surface area contributed by atoms with Gasteiger partial charge in [0.2, 0.25) is 5.91 Å². The van der Waals surface area contributed by atoms with Gasteiger partial charge in [0.15, 0.2) is 0 Å². The first kappa shape index (κ1) is 19.1. The van der Waals surface area contributed by atoms with Crippen molar-refractivity contribution < 1.29 is 18.3 Å². The summed E-state index contributed by atoms with van der Waals surface area (Å²) in [7, 11) is 1.74. The molecular weight excluding hydrogens is 350 g/mol. The fourth-order valence-corrected chi connectivity index (χ4v) is 2.28. The van der Waals surface area contributed by atoms with Crippen molar-refractivity contribution in [3.63, 3.8) is 0 Å². The Balaban J connectivity index is 1.86. The molecule has 0 bridgehead atoms. The van der Waals surface area contributed by atoms with Gasteiger partial charge in [0, 0.05) is 12.6 Å². The van der Waals surface area contributed by atoms with Crippen LogP contribution in [0.2, 0.25) is 5.02 Å². The molecule has 1 unspecified atom stereocenters. The van der Waals surface area contributed by atoms with Gasteiger partial charge < -0.3 is 10.1 Å². The summed E-state index contributed by atoms with van der Waals surface area (Å²) in [6.45, 7) is 2.44. The van der Waals surface area contributed by atoms with Crippen LogP contribution in [0.15, 0.2) is 42.5 Å². The van der Waals surface area contributed by atoms with Crippen molar-refractivity contribution in [1.29, 1.82) is 0 Å². The molecule has 2 rings (SSSR count). The molecule has 2 aromatic carbocycles. The molecule has 1 atom stereocenters. The molecule has 0 aliphatic heterocycles. The Labute approximate surface area is 150 Å². The standard InChI is InChI=1S/C18H19ClF2N2O2/c1-12(18(24)22-16-11-13(20)7-8-15(16)21)23(2)9-10-25-17-6-4-3-5-14(17)19/h3-8,11-12H,9-10H2,1-2H3,(H,22,24). The summed E-state index contributed by atoms with van der Waals surface area (Å²) < 4.78 is 32.3. The molecule has 0 fully saturated rings. The Hall–Kier alpha value is -2.18. The molecule has 1 amide bonds. The van der Waals surface area contributed by atoms with Gasteiger partial charge in [0.25, 0.3) is 0 Å². The molecule has 0 saturated heterocycles. The molecule has 0 saturated carbocycles. The SMILES string of the molecule is CC(C(=O)Nc1cc(F)ccc1F)N(C)CCOc1ccccc1Cl. The van der Waals surface area contributed by atoms with E-state index in [1.54, 1.807) is 37.1 Å². The molecule has 0 aliphatic carbocycles. The number of hydrogen-bond donors (Lipinski definition) is 1. The van der Waals surface area contributed by atoms with Crippen molar-refractivity contribution in [3.05, 3.63) is 59.1 Å². The number of hydrogen-bond acceptors (Lipinski definition) is 3. The summed E-state index contributed by atoms with van der Waals surface area (Å²) in [4.78, 5) is 13.9. The van der Waals surface area contributed by atoms with Crippen LogP contribution in [0.1, 0.15) is 6.92 Å². The molecule has 7 heteroatoms. The fourth-order valence-electron chi connectivity index (χ4n) is 2.09. The summed E-state index contributed by atoms with van der Waals surface area (Å²) >= 11 is 6.00. The van der Waals surface area contributed by atoms with Gasteiger partial charge in [-0.05, 0) is 38.2 Å². The first-order valence-electron chi connectivity index (χ1n) is 7.72. The molecular formula is C18H19ClF2N2O2. The number of ether oxygens (including phenoxy) is 1. The van der Waals surface area contributed by atoms with E-state index >= 15 is 0 Å². The van der Waals surface area contributed by atoms with Gasteiger partial charge in [-0.25, -0.2) is 8.78 Å². The number of carbonyl (C=O) groups excluding carboxylic acids is 1. The highest BCUT2D eigenvalue weighted by atomic mass is 35.5. The van der Waals surface area contributed by atoms with Crippen LogP contribution in [0, 0.1) is 11.6 Å². The van der Waals surface area contributed by atoms with Crippen molar-refractivity contribution in [2.24, 2.45) is 0 Å². The van der Waals surface area contributed by atoms with Gasteiger partial charge in [0.1, 0.15) is 24.0 Å². The lowest BCUT2D eigenvalue weighted by atomic mass is 10.2. The fraction of sp³-hybridized carbons (Fsp3) is 0.278. The van der Waals surface area contributed by atoms with Crippen molar-refractivity contribution in [2.75, 3.05) is 25.5 Å². The monoisotopic (exact) mass is 368 g/mol. The van der Waals surface area contributed by atoms with Crippen molar-refractivity contribution in [1.82, 2.24) is 4.90 Å². The number of amides is 1. The lowest BCUT2D eigenvalue weighted by molar-refractivity contribution is -0.120. The molecule has 0 radical (unpaired) electrons. The zero-order valence-electron chi connectivity index (χ0n) is 13.9. The largest absolute Gasteiger partial charge is 0.491 e. The number of benzene rings is 2. The quantitative estimate of drug-likeness (QED) is 0.804. The van der Waals surface area contributed by atoms with E-state index in [0.717, 1.165) is 18.2 Å². The zero-order valence-corrected chi connectivity index (χ0v) is 14.7. The summed E-state index contributed by atoms with van der Waals surface area (Å²) in [5, 5.41) is 2.90. The molecule has 0 aliphatic rings. The highest BCUT2D eigenvalue weighted by Gasteiger charge is 2.19. The Morgan fingerprint density at radius 2 is 2.00 bits per heavy atom. The van der Waals surface area contributed by atoms with Crippen molar-refractivity contribution in [2.45, 2.75) is 13.0 Å². The van der Waals surface area contributed by atoms with Crippen LogP contribution >= 0.6 is 11.6 Å². The Morgan fingerprint density at radius 1 is 1.28 bits per heavy atom. The summed E-state index contributed by atoms with van der Waals surface area (Å²) in [6.07, 6.45) is 0. The normalized spacial score (nSPS) is 12.1. The maximum absolute atomic E-state index is 13.6. The van der Waals surface area contributed by atoms with Crippen LogP contribution in [0.4, 0.5) is 14.5 Å². The number of anilines is 1. The molecule has 1 N–H and O–H groups in total. The average molecular weight is 369 g/mol. The molecule has 0 heterocycles. The van der Waals surface area contributed by atoms with E-state index in [2.05, 4.69) is 5.32 Å². The molecule has 2 aromatic rings. The van der Waals surface area contributed by atoms with Crippen LogP contribution in [0.3, 0.4) is 0 Å². The van der Waals surface area contributed by atoms with Gasteiger partial charge in [0.05, 0.1) is 16.8 Å². The Kier molecular flexibility index (Phi) is 6.73. The summed E-state index contributed by atoms with van der Waals surface area (Å²) in [6, 6.07) is 9.45. The minimum absolute atomic E-state index is 0.183. The number of rotatable bonds is 7. The van der Waals surface area contributed by atoms with Gasteiger partial charge in [-0.2, -0.15) is 0 Å². The van der Waals surface area contributed by atoms with E-state index in [4.69, 9.17) is 16.3 Å². The smallest absolute Gasteiger partial charge is 0.241 e. The predicted molar refractivity (Wildman–Crippen MR) is 94.0 cm³/mol. The third-order valence-electron chi connectivity index (χ3n) is 3.77. The molecule has 25 heavy (non-hydrogen) atoms. The van der Waals surface area contributed by atoms with E-state index in [0.29, 0.717) is 23.9 Å². The highest BCUT2D eigenvalue weighted by Crippen LogP contribution is 2.23. The minimum Gasteiger partial charge on any atom is -0.491 e. The van der Waals surface area contributed by atoms with Gasteiger partial charge >= 0.3 is 0 Å². The van der Waals surface area contributed by atoms with Crippen molar-refractivity contribution in [3.8, 4) is 5.75 Å². The van der Waals surface area contributed by atoms with E-state index in [9.17, 15) is 13.6 Å².